The van der Waals surface area contributed by atoms with Crippen molar-refractivity contribution in [3.05, 3.63) is 52.6 Å². The third kappa shape index (κ3) is 2.36. The summed E-state index contributed by atoms with van der Waals surface area (Å²) in [6, 6.07) is 4.33. The molecule has 7 heteroatoms. The standard InChI is InChI=1S/C14H8BrFN2O3/c15-12-7-2-4-18-10(7)5-9(16)13(12)21-11-6-17-3-1-8(11)14(19)20/h1-6,18H,(H,19,20). The van der Waals surface area contributed by atoms with Gasteiger partial charge in [-0.05, 0) is 28.1 Å². The lowest BCUT2D eigenvalue weighted by atomic mass is 10.2. The zero-order valence-corrected chi connectivity index (χ0v) is 12.0. The quantitative estimate of drug-likeness (QED) is 0.749. The Balaban J connectivity index is 2.12. The number of aromatic carboxylic acids is 1. The van der Waals surface area contributed by atoms with Crippen LogP contribution in [-0.2, 0) is 0 Å². The summed E-state index contributed by atoms with van der Waals surface area (Å²) in [5.41, 5.74) is 0.516. The molecule has 0 saturated heterocycles. The third-order valence-corrected chi connectivity index (χ3v) is 3.72. The van der Waals surface area contributed by atoms with Gasteiger partial charge < -0.3 is 14.8 Å². The van der Waals surface area contributed by atoms with Crippen molar-refractivity contribution in [1.82, 2.24) is 9.97 Å². The van der Waals surface area contributed by atoms with Crippen molar-refractivity contribution in [2.75, 3.05) is 0 Å². The van der Waals surface area contributed by atoms with Crippen molar-refractivity contribution < 1.29 is 19.0 Å². The van der Waals surface area contributed by atoms with Gasteiger partial charge in [-0.2, -0.15) is 0 Å². The lowest BCUT2D eigenvalue weighted by Gasteiger charge is -2.11. The lowest BCUT2D eigenvalue weighted by Crippen LogP contribution is -2.01. The minimum absolute atomic E-state index is 0.0283. The number of aromatic nitrogens is 2. The number of nitrogens with zero attached hydrogens (tertiary/aromatic N) is 1. The summed E-state index contributed by atoms with van der Waals surface area (Å²) >= 11 is 3.28. The molecule has 0 saturated carbocycles. The number of hydrogen-bond acceptors (Lipinski definition) is 3. The van der Waals surface area contributed by atoms with Crippen LogP contribution in [0, 0.1) is 5.82 Å². The van der Waals surface area contributed by atoms with Crippen LogP contribution in [0.15, 0.2) is 41.3 Å². The van der Waals surface area contributed by atoms with E-state index in [4.69, 9.17) is 9.84 Å². The molecule has 21 heavy (non-hydrogen) atoms. The number of H-pyrrole nitrogens is 1. The van der Waals surface area contributed by atoms with E-state index in [2.05, 4.69) is 25.9 Å². The summed E-state index contributed by atoms with van der Waals surface area (Å²) in [6.07, 6.45) is 4.24. The second-order valence-electron chi connectivity index (χ2n) is 4.22. The van der Waals surface area contributed by atoms with Crippen molar-refractivity contribution in [1.29, 1.82) is 0 Å². The zero-order chi connectivity index (χ0) is 15.0. The Hall–Kier alpha value is -2.41. The molecule has 5 nitrogen and oxygen atoms in total. The van der Waals surface area contributed by atoms with Crippen LogP contribution in [0.1, 0.15) is 10.4 Å². The summed E-state index contributed by atoms with van der Waals surface area (Å²) in [5.74, 6) is -1.90. The van der Waals surface area contributed by atoms with Crippen LogP contribution in [0.2, 0.25) is 0 Å². The maximum atomic E-state index is 14.1. The molecule has 0 radical (unpaired) electrons. The predicted octanol–water partition coefficient (Wildman–Crippen LogP) is 3.96. The molecule has 2 aromatic heterocycles. The molecule has 106 valence electrons. The number of halogens is 2. The molecule has 1 aromatic carbocycles. The van der Waals surface area contributed by atoms with Crippen LogP contribution in [0.4, 0.5) is 4.39 Å². The number of ether oxygens (including phenoxy) is 1. The molecule has 0 fully saturated rings. The number of benzene rings is 1. The smallest absolute Gasteiger partial charge is 0.339 e. The number of nitrogens with one attached hydrogen (secondary N) is 1. The van der Waals surface area contributed by atoms with E-state index in [1.165, 1.54) is 24.5 Å². The highest BCUT2D eigenvalue weighted by molar-refractivity contribution is 9.10. The largest absolute Gasteiger partial charge is 0.478 e. The molecule has 0 aliphatic carbocycles. The van der Waals surface area contributed by atoms with E-state index in [1.54, 1.807) is 12.3 Å². The van der Waals surface area contributed by atoms with Gasteiger partial charge in [-0.3, -0.25) is 4.98 Å². The number of fused-ring (bicyclic) bond motifs is 1. The van der Waals surface area contributed by atoms with Gasteiger partial charge in [-0.25, -0.2) is 9.18 Å². The number of rotatable bonds is 3. The van der Waals surface area contributed by atoms with Crippen LogP contribution < -0.4 is 4.74 Å². The highest BCUT2D eigenvalue weighted by atomic mass is 79.9. The fourth-order valence-corrected chi connectivity index (χ4v) is 2.57. The Bertz CT molecular complexity index is 847. The molecule has 0 amide bonds. The molecule has 0 aliphatic rings. The van der Waals surface area contributed by atoms with Crippen LogP contribution >= 0.6 is 15.9 Å². The van der Waals surface area contributed by atoms with Gasteiger partial charge in [0.2, 0.25) is 0 Å². The lowest BCUT2D eigenvalue weighted by molar-refractivity contribution is 0.0694. The zero-order valence-electron chi connectivity index (χ0n) is 10.4. The van der Waals surface area contributed by atoms with Gasteiger partial charge in [0.1, 0.15) is 5.56 Å². The Kier molecular flexibility index (Phi) is 3.34. The van der Waals surface area contributed by atoms with Crippen molar-refractivity contribution in [3.8, 4) is 11.5 Å². The molecular formula is C14H8BrFN2O3. The summed E-state index contributed by atoms with van der Waals surface area (Å²) in [7, 11) is 0. The number of carboxylic acids is 1. The van der Waals surface area contributed by atoms with Crippen molar-refractivity contribution >= 4 is 32.8 Å². The molecule has 0 bridgehead atoms. The van der Waals surface area contributed by atoms with Gasteiger partial charge in [0.25, 0.3) is 0 Å². The fourth-order valence-electron chi connectivity index (χ4n) is 1.95. The molecular weight excluding hydrogens is 343 g/mol. The van der Waals surface area contributed by atoms with E-state index >= 15 is 0 Å². The number of carbonyl (C=O) groups is 1. The highest BCUT2D eigenvalue weighted by Gasteiger charge is 2.18. The molecule has 0 aliphatic heterocycles. The summed E-state index contributed by atoms with van der Waals surface area (Å²) in [4.78, 5) is 17.8. The third-order valence-electron chi connectivity index (χ3n) is 2.93. The van der Waals surface area contributed by atoms with E-state index in [-0.39, 0.29) is 17.1 Å². The maximum Gasteiger partial charge on any atom is 0.339 e. The molecule has 2 heterocycles. The number of hydrogen-bond donors (Lipinski definition) is 2. The Morgan fingerprint density at radius 2 is 2.24 bits per heavy atom. The average molecular weight is 351 g/mol. The van der Waals surface area contributed by atoms with Crippen LogP contribution in [-0.4, -0.2) is 21.0 Å². The summed E-state index contributed by atoms with van der Waals surface area (Å²) < 4.78 is 20.0. The SMILES string of the molecule is O=C(O)c1ccncc1Oc1c(F)cc2[nH]ccc2c1Br. The van der Waals surface area contributed by atoms with Gasteiger partial charge in [0, 0.05) is 29.4 Å². The molecule has 3 aromatic rings. The number of carboxylic acid groups (broad SMARTS) is 1. The maximum absolute atomic E-state index is 14.1. The summed E-state index contributed by atoms with van der Waals surface area (Å²) in [6.45, 7) is 0. The van der Waals surface area contributed by atoms with E-state index in [0.29, 0.717) is 9.99 Å². The first-order valence-electron chi connectivity index (χ1n) is 5.88. The van der Waals surface area contributed by atoms with E-state index in [1.807, 2.05) is 0 Å². The topological polar surface area (TPSA) is 75.2 Å². The van der Waals surface area contributed by atoms with Gasteiger partial charge >= 0.3 is 5.97 Å². The number of pyridine rings is 1. The molecule has 0 atom stereocenters. The van der Waals surface area contributed by atoms with Gasteiger partial charge in [0.05, 0.1) is 10.7 Å². The Labute approximate surface area is 126 Å². The van der Waals surface area contributed by atoms with Crippen molar-refractivity contribution in [2.45, 2.75) is 0 Å². The van der Waals surface area contributed by atoms with E-state index < -0.39 is 11.8 Å². The monoisotopic (exact) mass is 350 g/mol. The van der Waals surface area contributed by atoms with Crippen LogP contribution in [0.5, 0.6) is 11.5 Å². The van der Waals surface area contributed by atoms with E-state index in [9.17, 15) is 9.18 Å². The van der Waals surface area contributed by atoms with Crippen LogP contribution in [0.25, 0.3) is 10.9 Å². The normalized spacial score (nSPS) is 10.8. The molecule has 2 N–H and O–H groups in total. The fraction of sp³-hybridized carbons (Fsp3) is 0. The molecule has 0 spiro atoms. The van der Waals surface area contributed by atoms with Crippen molar-refractivity contribution in [2.24, 2.45) is 0 Å². The summed E-state index contributed by atoms with van der Waals surface area (Å²) in [5, 5.41) is 9.83. The van der Waals surface area contributed by atoms with Gasteiger partial charge in [-0.1, -0.05) is 0 Å². The first kappa shape index (κ1) is 13.6. The average Bonchev–Trinajstić information content (AvgIpc) is 2.92. The molecule has 3 rings (SSSR count). The second kappa shape index (κ2) is 5.17. The Morgan fingerprint density at radius 3 is 3.00 bits per heavy atom. The highest BCUT2D eigenvalue weighted by Crippen LogP contribution is 2.38. The first-order chi connectivity index (χ1) is 10.1. The first-order valence-corrected chi connectivity index (χ1v) is 6.67. The van der Waals surface area contributed by atoms with Crippen LogP contribution in [0.3, 0.4) is 0 Å². The predicted molar refractivity (Wildman–Crippen MR) is 77.2 cm³/mol. The van der Waals surface area contributed by atoms with Crippen molar-refractivity contribution in [3.63, 3.8) is 0 Å². The van der Waals surface area contributed by atoms with Gasteiger partial charge in [0.15, 0.2) is 17.3 Å². The number of aromatic amines is 1. The second-order valence-corrected chi connectivity index (χ2v) is 5.01. The molecule has 0 unspecified atom stereocenters. The van der Waals surface area contributed by atoms with E-state index in [0.717, 1.165) is 5.39 Å². The minimum atomic E-state index is -1.17. The minimum Gasteiger partial charge on any atom is -0.478 e. The van der Waals surface area contributed by atoms with Gasteiger partial charge in [-0.15, -0.1) is 0 Å². The Morgan fingerprint density at radius 1 is 1.43 bits per heavy atom.